The van der Waals surface area contributed by atoms with Crippen molar-refractivity contribution >= 4 is 11.7 Å². The number of benzene rings is 2. The maximum Gasteiger partial charge on any atom is 0.260 e. The fraction of sp³-hybridized carbons (Fsp3) is 0.263. The molecule has 2 rings (SSSR count). The van der Waals surface area contributed by atoms with E-state index >= 15 is 0 Å². The van der Waals surface area contributed by atoms with Crippen LogP contribution in [0.3, 0.4) is 0 Å². The molecule has 7 heteroatoms. The summed E-state index contributed by atoms with van der Waals surface area (Å²) in [7, 11) is 1.62. The van der Waals surface area contributed by atoms with Gasteiger partial charge in [0.1, 0.15) is 18.1 Å². The molecular formula is C19H23N3O4. The molecule has 0 aromatic heterocycles. The van der Waals surface area contributed by atoms with Gasteiger partial charge in [-0.25, -0.2) is 0 Å². The number of hydrogen-bond donors (Lipinski definition) is 2. The summed E-state index contributed by atoms with van der Waals surface area (Å²) in [5.41, 5.74) is 6.77. The molecule has 0 fully saturated rings. The van der Waals surface area contributed by atoms with Crippen LogP contribution in [0.1, 0.15) is 5.56 Å². The highest BCUT2D eigenvalue weighted by Crippen LogP contribution is 2.11. The van der Waals surface area contributed by atoms with Crippen LogP contribution < -0.4 is 20.5 Å². The van der Waals surface area contributed by atoms with Gasteiger partial charge in [0.2, 0.25) is 0 Å². The Hall–Kier alpha value is -3.22. The van der Waals surface area contributed by atoms with Crippen LogP contribution in [0.4, 0.5) is 0 Å². The van der Waals surface area contributed by atoms with E-state index in [1.807, 2.05) is 54.6 Å². The lowest BCUT2D eigenvalue weighted by Crippen LogP contribution is -2.29. The van der Waals surface area contributed by atoms with Gasteiger partial charge >= 0.3 is 0 Å². The zero-order chi connectivity index (χ0) is 18.6. The highest BCUT2D eigenvalue weighted by atomic mass is 16.6. The summed E-state index contributed by atoms with van der Waals surface area (Å²) in [4.78, 5) is 16.6. The number of hydrogen-bond acceptors (Lipinski definition) is 5. The third-order valence-electron chi connectivity index (χ3n) is 3.40. The number of nitrogens with zero attached hydrogens (tertiary/aromatic N) is 1. The molecule has 0 saturated heterocycles. The van der Waals surface area contributed by atoms with Gasteiger partial charge in [0, 0.05) is 6.54 Å². The molecule has 2 aromatic carbocycles. The Morgan fingerprint density at radius 2 is 1.77 bits per heavy atom. The molecule has 0 radical (unpaired) electrons. The van der Waals surface area contributed by atoms with Gasteiger partial charge in [0.15, 0.2) is 12.4 Å². The summed E-state index contributed by atoms with van der Waals surface area (Å²) in [6.45, 7) is 0.391. The zero-order valence-corrected chi connectivity index (χ0v) is 14.7. The van der Waals surface area contributed by atoms with Crippen molar-refractivity contribution in [2.24, 2.45) is 10.9 Å². The van der Waals surface area contributed by atoms with E-state index in [0.29, 0.717) is 18.7 Å². The first-order valence-electron chi connectivity index (χ1n) is 8.19. The summed E-state index contributed by atoms with van der Waals surface area (Å²) in [5.74, 6) is 1.37. The van der Waals surface area contributed by atoms with Gasteiger partial charge < -0.3 is 25.4 Å². The van der Waals surface area contributed by atoms with Crippen molar-refractivity contribution in [3.05, 3.63) is 60.2 Å². The molecular weight excluding hydrogens is 334 g/mol. The second kappa shape index (κ2) is 10.6. The molecule has 0 saturated carbocycles. The van der Waals surface area contributed by atoms with E-state index in [1.54, 1.807) is 7.11 Å². The third-order valence-corrected chi connectivity index (χ3v) is 3.40. The number of ether oxygens (including phenoxy) is 2. The van der Waals surface area contributed by atoms with E-state index in [4.69, 9.17) is 20.0 Å². The van der Waals surface area contributed by atoms with Crippen LogP contribution in [-0.2, 0) is 16.1 Å². The van der Waals surface area contributed by atoms with Crippen molar-refractivity contribution in [2.75, 3.05) is 26.9 Å². The number of rotatable bonds is 10. The van der Waals surface area contributed by atoms with Gasteiger partial charge in [0.25, 0.3) is 5.91 Å². The van der Waals surface area contributed by atoms with Crippen LogP contribution in [0.2, 0.25) is 0 Å². The number of para-hydroxylation sites is 1. The second-order valence-corrected chi connectivity index (χ2v) is 5.41. The summed E-state index contributed by atoms with van der Waals surface area (Å²) in [5, 5.41) is 6.41. The number of nitrogens with one attached hydrogen (secondary N) is 1. The Balaban J connectivity index is 1.60. The number of amides is 1. The summed E-state index contributed by atoms with van der Waals surface area (Å²) in [6, 6.07) is 16.9. The normalized spacial score (nSPS) is 10.9. The van der Waals surface area contributed by atoms with Gasteiger partial charge in [0.05, 0.1) is 7.11 Å². The van der Waals surface area contributed by atoms with Gasteiger partial charge in [-0.15, -0.1) is 0 Å². The first-order valence-corrected chi connectivity index (χ1v) is 8.19. The lowest BCUT2D eigenvalue weighted by Gasteiger charge is -2.07. The van der Waals surface area contributed by atoms with Gasteiger partial charge in [-0.05, 0) is 36.2 Å². The van der Waals surface area contributed by atoms with Crippen LogP contribution in [0.15, 0.2) is 59.8 Å². The van der Waals surface area contributed by atoms with E-state index in [1.165, 1.54) is 0 Å². The van der Waals surface area contributed by atoms with Crippen molar-refractivity contribution in [1.82, 2.24) is 5.32 Å². The number of methoxy groups -OCH3 is 1. The van der Waals surface area contributed by atoms with Crippen molar-refractivity contribution in [3.63, 3.8) is 0 Å². The molecule has 0 aliphatic heterocycles. The highest BCUT2D eigenvalue weighted by molar-refractivity contribution is 5.81. The third kappa shape index (κ3) is 7.12. The minimum Gasteiger partial charge on any atom is -0.497 e. The number of nitrogens with two attached hydrogens (primary N) is 1. The molecule has 0 aliphatic carbocycles. The maximum absolute atomic E-state index is 11.7. The highest BCUT2D eigenvalue weighted by Gasteiger charge is 2.03. The fourth-order valence-electron chi connectivity index (χ4n) is 2.06. The van der Waals surface area contributed by atoms with Crippen LogP contribution in [0, 0.1) is 0 Å². The molecule has 26 heavy (non-hydrogen) atoms. The molecule has 0 aliphatic rings. The lowest BCUT2D eigenvalue weighted by atomic mass is 10.1. The summed E-state index contributed by atoms with van der Waals surface area (Å²) < 4.78 is 10.5. The first-order chi connectivity index (χ1) is 12.7. The molecule has 138 valence electrons. The average molecular weight is 357 g/mol. The Morgan fingerprint density at radius 3 is 2.46 bits per heavy atom. The van der Waals surface area contributed by atoms with E-state index < -0.39 is 0 Å². The summed E-state index contributed by atoms with van der Waals surface area (Å²) in [6.07, 6.45) is 0.714. The van der Waals surface area contributed by atoms with E-state index in [0.717, 1.165) is 11.3 Å². The van der Waals surface area contributed by atoms with Gasteiger partial charge in [-0.2, -0.15) is 0 Å². The van der Waals surface area contributed by atoms with Crippen molar-refractivity contribution in [3.8, 4) is 11.5 Å². The van der Waals surface area contributed by atoms with E-state index in [-0.39, 0.29) is 25.0 Å². The van der Waals surface area contributed by atoms with Crippen LogP contribution in [0.25, 0.3) is 0 Å². The lowest BCUT2D eigenvalue weighted by molar-refractivity contribution is -0.125. The molecule has 1 amide bonds. The van der Waals surface area contributed by atoms with E-state index in [2.05, 4.69) is 10.5 Å². The number of carbonyl (C=O) groups is 1. The minimum atomic E-state index is -0.265. The van der Waals surface area contributed by atoms with Crippen LogP contribution in [-0.4, -0.2) is 38.6 Å². The number of oxime groups is 1. The SMILES string of the molecule is COc1ccc(CCNC(=O)CON=C(N)COc2ccccc2)cc1. The molecule has 2 aromatic rings. The van der Waals surface area contributed by atoms with Crippen LogP contribution >= 0.6 is 0 Å². The molecule has 7 nitrogen and oxygen atoms in total. The monoisotopic (exact) mass is 357 g/mol. The second-order valence-electron chi connectivity index (χ2n) is 5.41. The number of carbonyl (C=O) groups excluding carboxylic acids is 1. The van der Waals surface area contributed by atoms with E-state index in [9.17, 15) is 4.79 Å². The minimum absolute atomic E-state index is 0.0864. The smallest absolute Gasteiger partial charge is 0.260 e. The molecule has 0 unspecified atom stereocenters. The predicted octanol–water partition coefficient (Wildman–Crippen LogP) is 1.72. The topological polar surface area (TPSA) is 95.2 Å². The maximum atomic E-state index is 11.7. The first kappa shape index (κ1) is 19.1. The fourth-order valence-corrected chi connectivity index (χ4v) is 2.06. The van der Waals surface area contributed by atoms with Gasteiger partial charge in [-0.3, -0.25) is 4.79 Å². The van der Waals surface area contributed by atoms with Crippen molar-refractivity contribution in [2.45, 2.75) is 6.42 Å². The van der Waals surface area contributed by atoms with Crippen LogP contribution in [0.5, 0.6) is 11.5 Å². The number of amidine groups is 1. The molecule has 0 atom stereocenters. The molecule has 3 N–H and O–H groups in total. The largest absolute Gasteiger partial charge is 0.497 e. The molecule has 0 bridgehead atoms. The van der Waals surface area contributed by atoms with Crippen molar-refractivity contribution in [1.29, 1.82) is 0 Å². The molecule has 0 spiro atoms. The zero-order valence-electron chi connectivity index (χ0n) is 14.7. The Kier molecular flexibility index (Phi) is 7.79. The Morgan fingerprint density at radius 1 is 1.04 bits per heavy atom. The summed E-state index contributed by atoms with van der Waals surface area (Å²) >= 11 is 0. The standard InChI is InChI=1S/C19H23N3O4/c1-24-16-9-7-15(8-10-16)11-12-21-19(23)14-26-22-18(20)13-25-17-5-3-2-4-6-17/h2-10H,11-14H2,1H3,(H2,20,22)(H,21,23). The predicted molar refractivity (Wildman–Crippen MR) is 99.2 cm³/mol. The van der Waals surface area contributed by atoms with Gasteiger partial charge in [-0.1, -0.05) is 35.5 Å². The Labute approximate surface area is 152 Å². The average Bonchev–Trinajstić information content (AvgIpc) is 2.68. The molecule has 0 heterocycles. The van der Waals surface area contributed by atoms with Crippen molar-refractivity contribution < 1.29 is 19.1 Å². The Bertz CT molecular complexity index is 702. The quantitative estimate of drug-likeness (QED) is 0.383.